The summed E-state index contributed by atoms with van der Waals surface area (Å²) in [6.45, 7) is 1.50. The fourth-order valence-corrected chi connectivity index (χ4v) is 3.03. The van der Waals surface area contributed by atoms with Crippen molar-refractivity contribution >= 4 is 51.9 Å². The molecular weight excluding hydrogens is 394 g/mol. The van der Waals surface area contributed by atoms with Crippen molar-refractivity contribution in [2.75, 3.05) is 18.5 Å². The number of benzene rings is 2. The Morgan fingerprint density at radius 3 is 2.89 bits per heavy atom. The molecule has 2 N–H and O–H groups in total. The van der Waals surface area contributed by atoms with Crippen LogP contribution < -0.4 is 10.1 Å². The Morgan fingerprint density at radius 2 is 2.11 bits per heavy atom. The number of halogens is 1. The second-order valence-electron chi connectivity index (χ2n) is 5.30. The zero-order valence-corrected chi connectivity index (χ0v) is 15.6. The number of esters is 1. The molecular formula is C17H14ClN3O5S. The van der Waals surface area contributed by atoms with Crippen molar-refractivity contribution in [2.45, 2.75) is 6.92 Å². The Kier molecular flexibility index (Phi) is 5.72. The highest BCUT2D eigenvalue weighted by atomic mass is 35.5. The van der Waals surface area contributed by atoms with Gasteiger partial charge >= 0.3 is 5.97 Å². The number of phenols is 1. The molecule has 27 heavy (non-hydrogen) atoms. The van der Waals surface area contributed by atoms with E-state index < -0.39 is 18.5 Å². The average molecular weight is 408 g/mol. The van der Waals surface area contributed by atoms with Crippen LogP contribution in [0.4, 0.5) is 5.69 Å². The van der Waals surface area contributed by atoms with Gasteiger partial charge in [0, 0.05) is 0 Å². The minimum atomic E-state index is -0.776. The number of hydrogen-bond donors (Lipinski definition) is 2. The molecule has 0 fully saturated rings. The molecule has 3 rings (SSSR count). The van der Waals surface area contributed by atoms with E-state index >= 15 is 0 Å². The molecule has 1 aromatic heterocycles. The first-order valence-electron chi connectivity index (χ1n) is 7.83. The van der Waals surface area contributed by atoms with Crippen LogP contribution in [0.15, 0.2) is 30.3 Å². The monoisotopic (exact) mass is 407 g/mol. The fraction of sp³-hybridized carbons (Fsp3) is 0.176. The first-order valence-corrected chi connectivity index (χ1v) is 8.94. The number of amides is 1. The number of carbonyl (C=O) groups excluding carboxylic acids is 2. The van der Waals surface area contributed by atoms with E-state index in [1.165, 1.54) is 12.1 Å². The van der Waals surface area contributed by atoms with Gasteiger partial charge in [-0.25, -0.2) is 4.79 Å². The molecule has 0 radical (unpaired) electrons. The van der Waals surface area contributed by atoms with Gasteiger partial charge in [0.05, 0.1) is 34.6 Å². The third-order valence-corrected chi connectivity index (χ3v) is 4.29. The number of anilines is 1. The maximum Gasteiger partial charge on any atom is 0.338 e. The van der Waals surface area contributed by atoms with Crippen LogP contribution in [-0.2, 0) is 9.53 Å². The van der Waals surface area contributed by atoms with Crippen LogP contribution in [0.3, 0.4) is 0 Å². The summed E-state index contributed by atoms with van der Waals surface area (Å²) < 4.78 is 18.4. The first-order chi connectivity index (χ1) is 13.0. The standard InChI is InChI=1S/C17H14ClN3O5S/c1-2-25-13-7-9(6-10(18)16(13)23)17(24)26-8-14(22)19-11-4-3-5-12-15(11)21-27-20-12/h3-7,23H,2,8H2,1H3,(H,19,22). The number of ether oxygens (including phenoxy) is 2. The lowest BCUT2D eigenvalue weighted by Crippen LogP contribution is -2.21. The summed E-state index contributed by atoms with van der Waals surface area (Å²) in [5.74, 6) is -1.51. The van der Waals surface area contributed by atoms with Crippen molar-refractivity contribution in [1.29, 1.82) is 0 Å². The van der Waals surface area contributed by atoms with Gasteiger partial charge in [-0.2, -0.15) is 8.75 Å². The largest absolute Gasteiger partial charge is 0.503 e. The van der Waals surface area contributed by atoms with Crippen molar-refractivity contribution in [3.8, 4) is 11.5 Å². The van der Waals surface area contributed by atoms with Gasteiger partial charge in [-0.15, -0.1) is 0 Å². The molecule has 0 bridgehead atoms. The molecule has 1 heterocycles. The summed E-state index contributed by atoms with van der Waals surface area (Å²) in [6.07, 6.45) is 0. The predicted octanol–water partition coefficient (Wildman–Crippen LogP) is 3.24. The molecule has 0 aliphatic heterocycles. The maximum atomic E-state index is 12.2. The minimum Gasteiger partial charge on any atom is -0.503 e. The number of nitrogens with zero attached hydrogens (tertiary/aromatic N) is 2. The topological polar surface area (TPSA) is 111 Å². The predicted molar refractivity (Wildman–Crippen MR) is 101 cm³/mol. The van der Waals surface area contributed by atoms with E-state index in [0.29, 0.717) is 16.7 Å². The van der Waals surface area contributed by atoms with E-state index in [1.807, 2.05) is 0 Å². The third-order valence-electron chi connectivity index (χ3n) is 3.46. The van der Waals surface area contributed by atoms with Crippen LogP contribution in [0.5, 0.6) is 11.5 Å². The summed E-state index contributed by atoms with van der Waals surface area (Å²) in [5, 5.41) is 12.4. The molecule has 0 saturated carbocycles. The van der Waals surface area contributed by atoms with Crippen molar-refractivity contribution in [2.24, 2.45) is 0 Å². The first kappa shape index (κ1) is 18.9. The fourth-order valence-electron chi connectivity index (χ4n) is 2.26. The van der Waals surface area contributed by atoms with Crippen molar-refractivity contribution in [1.82, 2.24) is 8.75 Å². The highest BCUT2D eigenvalue weighted by Gasteiger charge is 2.17. The molecule has 1 amide bonds. The summed E-state index contributed by atoms with van der Waals surface area (Å²) in [5.41, 5.74) is 1.76. The molecule has 0 aliphatic rings. The second kappa shape index (κ2) is 8.19. The second-order valence-corrected chi connectivity index (χ2v) is 6.24. The normalized spacial score (nSPS) is 10.6. The Bertz CT molecular complexity index is 1010. The van der Waals surface area contributed by atoms with Gasteiger partial charge in [-0.3, -0.25) is 4.79 Å². The van der Waals surface area contributed by atoms with E-state index in [9.17, 15) is 14.7 Å². The van der Waals surface area contributed by atoms with Gasteiger partial charge in [0.15, 0.2) is 18.1 Å². The lowest BCUT2D eigenvalue weighted by atomic mass is 10.2. The number of hydrogen-bond acceptors (Lipinski definition) is 8. The van der Waals surface area contributed by atoms with Crippen molar-refractivity contribution < 1.29 is 24.2 Å². The van der Waals surface area contributed by atoms with Crippen LogP contribution in [0.1, 0.15) is 17.3 Å². The number of fused-ring (bicyclic) bond motifs is 1. The lowest BCUT2D eigenvalue weighted by molar-refractivity contribution is -0.119. The summed E-state index contributed by atoms with van der Waals surface area (Å²) in [7, 11) is 0. The number of rotatable bonds is 6. The number of aromatic hydroxyl groups is 1. The van der Waals surface area contributed by atoms with Crippen LogP contribution in [0, 0.1) is 0 Å². The average Bonchev–Trinajstić information content (AvgIpc) is 3.13. The summed E-state index contributed by atoms with van der Waals surface area (Å²) >= 11 is 6.92. The highest BCUT2D eigenvalue weighted by molar-refractivity contribution is 7.00. The Hall–Kier alpha value is -2.91. The van der Waals surface area contributed by atoms with Crippen molar-refractivity contribution in [3.05, 3.63) is 40.9 Å². The van der Waals surface area contributed by atoms with Gasteiger partial charge < -0.3 is 19.9 Å². The number of aromatic nitrogens is 2. The Balaban J connectivity index is 1.65. The molecule has 2 aromatic carbocycles. The molecule has 10 heteroatoms. The number of phenolic OH excluding ortho intramolecular Hbond substituents is 1. The van der Waals surface area contributed by atoms with Crippen LogP contribution in [0.2, 0.25) is 5.02 Å². The molecule has 8 nitrogen and oxygen atoms in total. The molecule has 140 valence electrons. The third kappa shape index (κ3) is 4.26. The Labute approximate surface area is 163 Å². The SMILES string of the molecule is CCOc1cc(C(=O)OCC(=O)Nc2cccc3nsnc23)cc(Cl)c1O. The summed E-state index contributed by atoms with van der Waals surface area (Å²) in [6, 6.07) is 7.73. The van der Waals surface area contributed by atoms with E-state index in [1.54, 1.807) is 25.1 Å². The quantitative estimate of drug-likeness (QED) is 0.603. The van der Waals surface area contributed by atoms with Gasteiger partial charge in [-0.1, -0.05) is 17.7 Å². The van der Waals surface area contributed by atoms with Gasteiger partial charge in [0.25, 0.3) is 5.91 Å². The van der Waals surface area contributed by atoms with E-state index in [-0.39, 0.29) is 28.7 Å². The van der Waals surface area contributed by atoms with Gasteiger partial charge in [0.1, 0.15) is 11.0 Å². The molecule has 0 spiro atoms. The molecule has 0 unspecified atom stereocenters. The van der Waals surface area contributed by atoms with E-state index in [4.69, 9.17) is 21.1 Å². The molecule has 3 aromatic rings. The summed E-state index contributed by atoms with van der Waals surface area (Å²) in [4.78, 5) is 24.3. The van der Waals surface area contributed by atoms with Gasteiger partial charge in [-0.05, 0) is 31.2 Å². The molecule has 0 atom stereocenters. The maximum absolute atomic E-state index is 12.2. The van der Waals surface area contributed by atoms with E-state index in [0.717, 1.165) is 11.7 Å². The smallest absolute Gasteiger partial charge is 0.338 e. The van der Waals surface area contributed by atoms with Crippen molar-refractivity contribution in [3.63, 3.8) is 0 Å². The van der Waals surface area contributed by atoms with Gasteiger partial charge in [0.2, 0.25) is 0 Å². The minimum absolute atomic E-state index is 0.0554. The zero-order valence-electron chi connectivity index (χ0n) is 14.1. The van der Waals surface area contributed by atoms with Crippen LogP contribution >= 0.6 is 23.3 Å². The van der Waals surface area contributed by atoms with E-state index in [2.05, 4.69) is 14.1 Å². The lowest BCUT2D eigenvalue weighted by Gasteiger charge is -2.10. The Morgan fingerprint density at radius 1 is 1.30 bits per heavy atom. The van der Waals surface area contributed by atoms with Crippen LogP contribution in [-0.4, -0.2) is 38.9 Å². The molecule has 0 aliphatic carbocycles. The zero-order chi connectivity index (χ0) is 19.4. The number of nitrogens with one attached hydrogen (secondary N) is 1. The van der Waals surface area contributed by atoms with Crippen LogP contribution in [0.25, 0.3) is 11.0 Å². The molecule has 0 saturated heterocycles. The highest BCUT2D eigenvalue weighted by Crippen LogP contribution is 2.35. The number of carbonyl (C=O) groups is 2.